The van der Waals surface area contributed by atoms with Crippen LogP contribution in [-0.4, -0.2) is 41.7 Å². The van der Waals surface area contributed by atoms with Gasteiger partial charge >= 0.3 is 11.9 Å². The van der Waals surface area contributed by atoms with E-state index in [-0.39, 0.29) is 12.5 Å². The van der Waals surface area contributed by atoms with E-state index >= 15 is 0 Å². The Morgan fingerprint density at radius 1 is 1.47 bits per heavy atom. The van der Waals surface area contributed by atoms with Gasteiger partial charge in [0, 0.05) is 7.05 Å². The minimum Gasteiger partial charge on any atom is -0.480 e. The molecule has 0 radical (unpaired) electrons. The van der Waals surface area contributed by atoms with Gasteiger partial charge in [-0.2, -0.15) is 0 Å². The van der Waals surface area contributed by atoms with Crippen molar-refractivity contribution in [1.82, 2.24) is 5.06 Å². The summed E-state index contributed by atoms with van der Waals surface area (Å²) in [5.41, 5.74) is 5.05. The second kappa shape index (κ2) is 6.36. The minimum atomic E-state index is -1.02. The molecule has 0 bridgehead atoms. The van der Waals surface area contributed by atoms with Crippen LogP contribution in [0.25, 0.3) is 0 Å². The van der Waals surface area contributed by atoms with Crippen LogP contribution in [-0.2, 0) is 14.4 Å². The van der Waals surface area contributed by atoms with Crippen LogP contribution in [0.1, 0.15) is 20.3 Å². The van der Waals surface area contributed by atoms with Gasteiger partial charge in [0.25, 0.3) is 0 Å². The fourth-order valence-electron chi connectivity index (χ4n) is 1.11. The molecule has 0 unspecified atom stereocenters. The molecule has 6 nitrogen and oxygen atoms in total. The first-order chi connectivity index (χ1) is 6.88. The lowest BCUT2D eigenvalue weighted by molar-refractivity contribution is -0.198. The molecule has 15 heavy (non-hydrogen) atoms. The number of likely N-dealkylation sites (N-methyl/N-ethyl adjacent to an activating group) is 1. The summed E-state index contributed by atoms with van der Waals surface area (Å²) in [4.78, 5) is 26.4. The van der Waals surface area contributed by atoms with Crippen LogP contribution in [0.5, 0.6) is 0 Å². The largest absolute Gasteiger partial charge is 0.480 e. The third-order valence-corrected chi connectivity index (χ3v) is 1.83. The first-order valence-corrected chi connectivity index (χ1v) is 4.75. The Balaban J connectivity index is 4.35. The van der Waals surface area contributed by atoms with Crippen LogP contribution in [0.15, 0.2) is 0 Å². The quantitative estimate of drug-likeness (QED) is 0.601. The van der Waals surface area contributed by atoms with Crippen molar-refractivity contribution in [2.24, 2.45) is 11.7 Å². The summed E-state index contributed by atoms with van der Waals surface area (Å²) in [7, 11) is 1.41. The van der Waals surface area contributed by atoms with Crippen molar-refractivity contribution in [2.75, 3.05) is 13.6 Å². The maximum Gasteiger partial charge on any atom is 0.338 e. The molecule has 0 rings (SSSR count). The number of carboxylic acid groups (broad SMARTS) is 1. The Morgan fingerprint density at radius 2 is 2.00 bits per heavy atom. The molecule has 0 aliphatic rings. The van der Waals surface area contributed by atoms with Gasteiger partial charge in [-0.3, -0.25) is 4.79 Å². The molecule has 0 fully saturated rings. The predicted molar refractivity (Wildman–Crippen MR) is 53.8 cm³/mol. The van der Waals surface area contributed by atoms with E-state index in [4.69, 9.17) is 15.7 Å². The van der Waals surface area contributed by atoms with E-state index in [1.807, 2.05) is 13.8 Å². The lowest BCUT2D eigenvalue weighted by Gasteiger charge is -2.24. The Hall–Kier alpha value is -1.14. The van der Waals surface area contributed by atoms with Gasteiger partial charge in [-0.05, 0) is 12.3 Å². The summed E-state index contributed by atoms with van der Waals surface area (Å²) in [6.07, 6.45) is 0.406. The summed E-state index contributed by atoms with van der Waals surface area (Å²) in [5, 5.41) is 9.95. The van der Waals surface area contributed by atoms with Crippen molar-refractivity contribution in [3.05, 3.63) is 0 Å². The van der Waals surface area contributed by atoms with Crippen LogP contribution < -0.4 is 5.73 Å². The summed E-state index contributed by atoms with van der Waals surface area (Å²) < 4.78 is 0. The Kier molecular flexibility index (Phi) is 5.88. The van der Waals surface area contributed by atoms with Gasteiger partial charge in [-0.15, -0.1) is 5.06 Å². The molecule has 0 aliphatic heterocycles. The maximum atomic E-state index is 10.9. The number of carboxylic acids is 1. The van der Waals surface area contributed by atoms with Gasteiger partial charge in [0.1, 0.15) is 6.04 Å². The molecular formula is C9H18N2O4. The van der Waals surface area contributed by atoms with Crippen LogP contribution in [0, 0.1) is 5.92 Å². The van der Waals surface area contributed by atoms with Gasteiger partial charge in [0.05, 0.1) is 6.54 Å². The molecule has 0 aromatic carbocycles. The molecule has 0 aromatic rings. The molecule has 3 N–H and O–H groups in total. The molecule has 0 amide bonds. The van der Waals surface area contributed by atoms with Crippen molar-refractivity contribution in [2.45, 2.75) is 26.3 Å². The van der Waals surface area contributed by atoms with Crippen molar-refractivity contribution in [1.29, 1.82) is 0 Å². The number of aliphatic carboxylic acids is 1. The van der Waals surface area contributed by atoms with Crippen molar-refractivity contribution >= 4 is 11.9 Å². The van der Waals surface area contributed by atoms with E-state index in [2.05, 4.69) is 0 Å². The zero-order chi connectivity index (χ0) is 12.0. The van der Waals surface area contributed by atoms with E-state index in [9.17, 15) is 9.59 Å². The smallest absolute Gasteiger partial charge is 0.338 e. The molecular weight excluding hydrogens is 200 g/mol. The third kappa shape index (κ3) is 5.34. The highest BCUT2D eigenvalue weighted by atomic mass is 16.7. The first-order valence-electron chi connectivity index (χ1n) is 4.75. The lowest BCUT2D eigenvalue weighted by atomic mass is 10.0. The number of hydroxylamine groups is 2. The second-order valence-corrected chi connectivity index (χ2v) is 3.70. The van der Waals surface area contributed by atoms with Crippen LogP contribution in [0.2, 0.25) is 0 Å². The van der Waals surface area contributed by atoms with Crippen molar-refractivity contribution < 1.29 is 19.5 Å². The summed E-state index contributed by atoms with van der Waals surface area (Å²) in [6.45, 7) is 3.53. The summed E-state index contributed by atoms with van der Waals surface area (Å²) >= 11 is 0. The number of hydrogen-bond donors (Lipinski definition) is 2. The van der Waals surface area contributed by atoms with E-state index < -0.39 is 18.0 Å². The second-order valence-electron chi connectivity index (χ2n) is 3.70. The van der Waals surface area contributed by atoms with E-state index in [0.29, 0.717) is 6.42 Å². The number of nitrogens with zero attached hydrogens (tertiary/aromatic N) is 1. The first kappa shape index (κ1) is 13.9. The predicted octanol–water partition coefficient (Wildman–Crippen LogP) is -0.166. The number of nitrogens with two attached hydrogens (primary N) is 1. The molecule has 1 atom stereocenters. The van der Waals surface area contributed by atoms with Crippen LogP contribution in [0.4, 0.5) is 0 Å². The van der Waals surface area contributed by atoms with E-state index in [1.54, 1.807) is 0 Å². The molecule has 0 heterocycles. The van der Waals surface area contributed by atoms with Crippen molar-refractivity contribution in [3.8, 4) is 0 Å². The number of carbonyl (C=O) groups excluding carboxylic acids is 1. The zero-order valence-electron chi connectivity index (χ0n) is 9.27. The number of carbonyl (C=O) groups is 2. The van der Waals surface area contributed by atoms with E-state index in [0.717, 1.165) is 5.06 Å². The SMILES string of the molecule is CC(C)C[C@@H](C(=O)O)N(C)OC(=O)CN. The molecule has 0 saturated carbocycles. The standard InChI is InChI=1S/C9H18N2O4/c1-6(2)4-7(9(13)14)11(3)15-8(12)5-10/h6-7H,4-5,10H2,1-3H3,(H,13,14)/t7-/m0/s1. The molecule has 0 saturated heterocycles. The van der Waals surface area contributed by atoms with E-state index in [1.165, 1.54) is 7.05 Å². The monoisotopic (exact) mass is 218 g/mol. The maximum absolute atomic E-state index is 10.9. The van der Waals surface area contributed by atoms with Crippen LogP contribution in [0.3, 0.4) is 0 Å². The zero-order valence-corrected chi connectivity index (χ0v) is 9.27. The van der Waals surface area contributed by atoms with Crippen molar-refractivity contribution in [3.63, 3.8) is 0 Å². The Morgan fingerprint density at radius 3 is 2.33 bits per heavy atom. The summed E-state index contributed by atoms with van der Waals surface area (Å²) in [5.74, 6) is -1.46. The summed E-state index contributed by atoms with van der Waals surface area (Å²) in [6, 6.07) is -0.833. The molecule has 6 heteroatoms. The topological polar surface area (TPSA) is 92.9 Å². The molecule has 0 aliphatic carbocycles. The molecule has 0 aromatic heterocycles. The molecule has 88 valence electrons. The van der Waals surface area contributed by atoms with Gasteiger partial charge in [-0.25, -0.2) is 4.79 Å². The third-order valence-electron chi connectivity index (χ3n) is 1.83. The lowest BCUT2D eigenvalue weighted by Crippen LogP contribution is -2.41. The fourth-order valence-corrected chi connectivity index (χ4v) is 1.11. The van der Waals surface area contributed by atoms with Gasteiger partial charge in [0.15, 0.2) is 0 Å². The number of hydrogen-bond acceptors (Lipinski definition) is 5. The average molecular weight is 218 g/mol. The Bertz CT molecular complexity index is 230. The van der Waals surface area contributed by atoms with Gasteiger partial charge < -0.3 is 15.7 Å². The van der Waals surface area contributed by atoms with Gasteiger partial charge in [0.2, 0.25) is 0 Å². The van der Waals surface area contributed by atoms with Crippen LogP contribution >= 0.6 is 0 Å². The molecule has 0 spiro atoms. The Labute approximate surface area is 88.9 Å². The highest BCUT2D eigenvalue weighted by Crippen LogP contribution is 2.10. The highest BCUT2D eigenvalue weighted by Gasteiger charge is 2.26. The normalized spacial score (nSPS) is 12.9. The highest BCUT2D eigenvalue weighted by molar-refractivity contribution is 5.74. The fraction of sp³-hybridized carbons (Fsp3) is 0.778. The number of rotatable bonds is 6. The minimum absolute atomic E-state index is 0.199. The van der Waals surface area contributed by atoms with Gasteiger partial charge in [-0.1, -0.05) is 13.8 Å². The average Bonchev–Trinajstić information content (AvgIpc) is 2.12.